The van der Waals surface area contributed by atoms with Gasteiger partial charge >= 0.3 is 0 Å². The first-order chi connectivity index (χ1) is 4.98. The Morgan fingerprint density at radius 2 is 1.91 bits per heavy atom. The van der Waals surface area contributed by atoms with Crippen molar-refractivity contribution in [3.63, 3.8) is 0 Å². The zero-order chi connectivity index (χ0) is 8.91. The van der Waals surface area contributed by atoms with Gasteiger partial charge in [-0.05, 0) is 27.8 Å². The van der Waals surface area contributed by atoms with Crippen LogP contribution < -0.4 is 0 Å². The lowest BCUT2D eigenvalue weighted by atomic mass is 10.1. The molecule has 0 aromatic rings. The number of nitrogens with zero attached hydrogens (tertiary/aromatic N) is 1. The minimum absolute atomic E-state index is 0.259. The van der Waals surface area contributed by atoms with Gasteiger partial charge in [-0.1, -0.05) is 22.6 Å². The number of rotatable bonds is 4. The fraction of sp³-hybridized carbons (Fsp3) is 1.00. The third kappa shape index (κ3) is 5.87. The van der Waals surface area contributed by atoms with Crippen LogP contribution in [-0.4, -0.2) is 35.3 Å². The highest BCUT2D eigenvalue weighted by atomic mass is 127. The van der Waals surface area contributed by atoms with E-state index in [2.05, 4.69) is 55.3 Å². The molecule has 0 radical (unpaired) electrons. The zero-order valence-electron chi connectivity index (χ0n) is 7.85. The van der Waals surface area contributed by atoms with Crippen molar-refractivity contribution in [2.24, 2.45) is 0 Å². The van der Waals surface area contributed by atoms with Crippen LogP contribution in [0.15, 0.2) is 0 Å². The van der Waals surface area contributed by atoms with Crippen molar-refractivity contribution in [2.75, 3.05) is 24.8 Å². The molecule has 0 spiro atoms. The van der Waals surface area contributed by atoms with Crippen LogP contribution in [0.25, 0.3) is 0 Å². The Hall–Kier alpha value is 0.650. The molecule has 0 unspecified atom stereocenters. The van der Waals surface area contributed by atoms with Crippen LogP contribution in [-0.2, 0) is 4.74 Å². The molecule has 3 heteroatoms. The molecule has 0 N–H and O–H groups in total. The minimum Gasteiger partial charge on any atom is -0.370 e. The first-order valence-corrected chi connectivity index (χ1v) is 5.36. The maximum atomic E-state index is 5.24. The quantitative estimate of drug-likeness (QED) is 0.441. The SMILES string of the molecule is CN(CCOCI)C(C)(C)C. The van der Waals surface area contributed by atoms with Crippen LogP contribution in [0, 0.1) is 0 Å². The molecule has 2 nitrogen and oxygen atoms in total. The van der Waals surface area contributed by atoms with E-state index in [1.807, 2.05) is 0 Å². The predicted molar refractivity (Wildman–Crippen MR) is 57.2 cm³/mol. The Balaban J connectivity index is 3.44. The third-order valence-corrected chi connectivity index (χ3v) is 2.23. The van der Waals surface area contributed by atoms with Crippen molar-refractivity contribution in [3.8, 4) is 0 Å². The van der Waals surface area contributed by atoms with Crippen LogP contribution in [0.4, 0.5) is 0 Å². The normalized spacial score (nSPS) is 12.5. The molecule has 0 aromatic carbocycles. The molecule has 11 heavy (non-hydrogen) atoms. The van der Waals surface area contributed by atoms with Gasteiger partial charge in [0.15, 0.2) is 0 Å². The van der Waals surface area contributed by atoms with Crippen LogP contribution in [0.5, 0.6) is 0 Å². The third-order valence-electron chi connectivity index (χ3n) is 1.79. The van der Waals surface area contributed by atoms with E-state index in [1.165, 1.54) is 0 Å². The van der Waals surface area contributed by atoms with E-state index in [4.69, 9.17) is 4.74 Å². The Kier molecular flexibility index (Phi) is 5.64. The van der Waals surface area contributed by atoms with E-state index in [0.29, 0.717) is 0 Å². The maximum absolute atomic E-state index is 5.24. The summed E-state index contributed by atoms with van der Waals surface area (Å²) in [5.74, 6) is 0. The second-order valence-electron chi connectivity index (χ2n) is 3.61. The highest BCUT2D eigenvalue weighted by Crippen LogP contribution is 2.09. The van der Waals surface area contributed by atoms with Gasteiger partial charge in [0.1, 0.15) is 0 Å². The molecule has 0 aliphatic carbocycles. The van der Waals surface area contributed by atoms with Gasteiger partial charge in [0.25, 0.3) is 0 Å². The molecule has 0 saturated carbocycles. The van der Waals surface area contributed by atoms with Crippen molar-refractivity contribution < 1.29 is 4.74 Å². The monoisotopic (exact) mass is 271 g/mol. The minimum atomic E-state index is 0.259. The fourth-order valence-electron chi connectivity index (χ4n) is 0.591. The Labute approximate surface area is 83.4 Å². The highest BCUT2D eigenvalue weighted by Gasteiger charge is 2.15. The molecule has 0 rings (SSSR count). The first kappa shape index (κ1) is 11.6. The van der Waals surface area contributed by atoms with Gasteiger partial charge in [-0.15, -0.1) is 0 Å². The Bertz CT molecular complexity index is 101. The van der Waals surface area contributed by atoms with E-state index < -0.39 is 0 Å². The summed E-state index contributed by atoms with van der Waals surface area (Å²) in [6.07, 6.45) is 0. The molecule has 0 amide bonds. The summed E-state index contributed by atoms with van der Waals surface area (Å²) in [6, 6.07) is 0. The Morgan fingerprint density at radius 1 is 1.36 bits per heavy atom. The number of halogens is 1. The van der Waals surface area contributed by atoms with Crippen molar-refractivity contribution in [3.05, 3.63) is 0 Å². The van der Waals surface area contributed by atoms with Crippen LogP contribution in [0.1, 0.15) is 20.8 Å². The summed E-state index contributed by atoms with van der Waals surface area (Å²) in [4.78, 5) is 2.29. The molecule has 0 atom stereocenters. The van der Waals surface area contributed by atoms with Gasteiger partial charge in [0.05, 0.1) is 11.2 Å². The van der Waals surface area contributed by atoms with E-state index in [-0.39, 0.29) is 5.54 Å². The van der Waals surface area contributed by atoms with E-state index >= 15 is 0 Å². The van der Waals surface area contributed by atoms with Gasteiger partial charge in [-0.2, -0.15) is 0 Å². The summed E-state index contributed by atoms with van der Waals surface area (Å²) < 4.78 is 6.03. The smallest absolute Gasteiger partial charge is 0.0979 e. The highest BCUT2D eigenvalue weighted by molar-refractivity contribution is 14.1. The lowest BCUT2D eigenvalue weighted by molar-refractivity contribution is 0.107. The van der Waals surface area contributed by atoms with E-state index in [1.54, 1.807) is 0 Å². The van der Waals surface area contributed by atoms with Gasteiger partial charge in [-0.25, -0.2) is 0 Å². The number of alkyl halides is 1. The molecular formula is C8H18INO. The number of likely N-dealkylation sites (N-methyl/N-ethyl adjacent to an activating group) is 1. The molecular weight excluding hydrogens is 253 g/mol. The number of hydrogen-bond donors (Lipinski definition) is 0. The second-order valence-corrected chi connectivity index (χ2v) is 4.23. The molecule has 0 saturated heterocycles. The van der Waals surface area contributed by atoms with E-state index in [9.17, 15) is 0 Å². The van der Waals surface area contributed by atoms with E-state index in [0.717, 1.165) is 17.8 Å². The van der Waals surface area contributed by atoms with Crippen molar-refractivity contribution in [2.45, 2.75) is 26.3 Å². The largest absolute Gasteiger partial charge is 0.370 e. The zero-order valence-corrected chi connectivity index (χ0v) is 10.0. The fourth-order valence-corrected chi connectivity index (χ4v) is 0.903. The van der Waals surface area contributed by atoms with Gasteiger partial charge < -0.3 is 4.74 Å². The van der Waals surface area contributed by atoms with Gasteiger partial charge in [-0.3, -0.25) is 4.90 Å². The topological polar surface area (TPSA) is 12.5 Å². The number of ether oxygens (including phenoxy) is 1. The van der Waals surface area contributed by atoms with Crippen LogP contribution in [0.3, 0.4) is 0 Å². The van der Waals surface area contributed by atoms with Crippen molar-refractivity contribution >= 4 is 22.6 Å². The first-order valence-electron chi connectivity index (χ1n) is 3.83. The maximum Gasteiger partial charge on any atom is 0.0979 e. The van der Waals surface area contributed by atoms with Crippen molar-refractivity contribution in [1.82, 2.24) is 4.90 Å². The average molecular weight is 271 g/mol. The summed E-state index contributed by atoms with van der Waals surface area (Å²) in [5, 5.41) is 0. The molecule has 0 aliphatic heterocycles. The predicted octanol–water partition coefficient (Wildman–Crippen LogP) is 2.13. The molecule has 0 aromatic heterocycles. The average Bonchev–Trinajstić information content (AvgIpc) is 1.86. The summed E-state index contributed by atoms with van der Waals surface area (Å²) >= 11 is 2.21. The number of hydrogen-bond acceptors (Lipinski definition) is 2. The Morgan fingerprint density at radius 3 is 2.27 bits per heavy atom. The summed E-state index contributed by atoms with van der Waals surface area (Å²) in [6.45, 7) is 8.45. The standard InChI is InChI=1S/C8H18INO/c1-8(2,3)10(4)5-6-11-7-9/h5-7H2,1-4H3. The van der Waals surface area contributed by atoms with Crippen LogP contribution >= 0.6 is 22.6 Å². The molecule has 0 fully saturated rings. The summed E-state index contributed by atoms with van der Waals surface area (Å²) in [7, 11) is 2.12. The van der Waals surface area contributed by atoms with Crippen LogP contribution in [0.2, 0.25) is 0 Å². The lowest BCUT2D eigenvalue weighted by Gasteiger charge is -2.31. The van der Waals surface area contributed by atoms with Crippen molar-refractivity contribution in [1.29, 1.82) is 0 Å². The second kappa shape index (κ2) is 5.32. The molecule has 0 bridgehead atoms. The summed E-state index contributed by atoms with van der Waals surface area (Å²) in [5.41, 5.74) is 0.259. The van der Waals surface area contributed by atoms with Gasteiger partial charge in [0.2, 0.25) is 0 Å². The molecule has 0 aliphatic rings. The van der Waals surface area contributed by atoms with Gasteiger partial charge in [0, 0.05) is 12.1 Å². The molecule has 0 heterocycles. The lowest BCUT2D eigenvalue weighted by Crippen LogP contribution is -2.40. The molecule has 68 valence electrons.